The Hall–Kier alpha value is -1.87. The third-order valence-corrected chi connectivity index (χ3v) is 13.1. The lowest BCUT2D eigenvalue weighted by Gasteiger charge is -2.39. The first-order chi connectivity index (χ1) is 18.1. The van der Waals surface area contributed by atoms with Gasteiger partial charge in [-0.3, -0.25) is 9.59 Å². The Morgan fingerprint density at radius 1 is 0.842 bits per heavy atom. The maximum Gasteiger partial charge on any atom is 0.264 e. The first-order valence-corrected chi connectivity index (χ1v) is 16.9. The van der Waals surface area contributed by atoms with Crippen LogP contribution < -0.4 is 10.0 Å². The lowest BCUT2D eigenvalue weighted by molar-refractivity contribution is -0.303. The molecular weight excluding hydrogens is 536 g/mol. The minimum absolute atomic E-state index is 0.203. The zero-order chi connectivity index (χ0) is 28.3. The molecule has 38 heavy (non-hydrogen) atoms. The van der Waals surface area contributed by atoms with Crippen molar-refractivity contribution >= 4 is 48.0 Å². The molecule has 0 saturated carbocycles. The molecule has 0 aliphatic heterocycles. The summed E-state index contributed by atoms with van der Waals surface area (Å²) in [6, 6.07) is 14.6. The molecule has 2 aromatic carbocycles. The number of hydrogen-bond donors (Lipinski definition) is 0. The summed E-state index contributed by atoms with van der Waals surface area (Å²) in [5.74, 6) is -1.33. The van der Waals surface area contributed by atoms with Crippen molar-refractivity contribution in [3.63, 3.8) is 0 Å². The van der Waals surface area contributed by atoms with Gasteiger partial charge in [0.1, 0.15) is 5.66 Å². The van der Waals surface area contributed by atoms with E-state index in [1.54, 1.807) is 12.1 Å². The average Bonchev–Trinajstić information content (AvgIpc) is 2.89. The standard InChI is InChI=1S/C31H42Cl2NO3P/c1-6-9-19-38(20-10-7-2,21-11-8-3)30(25-15-13-12-14-16-25)29(23(4)35)31(37)34(24(5)36)26-17-18-27(32)28(33)22-26/h12-18,22,30H,6-11,19-21H2,1-5H3/t30-/m0/s1. The first kappa shape index (κ1) is 32.3. The summed E-state index contributed by atoms with van der Waals surface area (Å²) in [4.78, 5) is 28.4. The Kier molecular flexibility index (Phi) is 13.3. The number of imide groups is 1. The third kappa shape index (κ3) is 8.07. The molecule has 0 spiro atoms. The number of anilines is 1. The molecule has 0 bridgehead atoms. The molecule has 0 N–H and O–H groups in total. The van der Waals surface area contributed by atoms with E-state index in [9.17, 15) is 14.7 Å². The van der Waals surface area contributed by atoms with Crippen LogP contribution >= 0.6 is 30.5 Å². The molecule has 1 atom stereocenters. The molecule has 0 aliphatic carbocycles. The number of halogens is 2. The van der Waals surface area contributed by atoms with Crippen LogP contribution in [0.4, 0.5) is 5.69 Å². The number of nitrogens with zero attached hydrogens (tertiary/aromatic N) is 1. The number of hydrogen-bond acceptors (Lipinski definition) is 3. The summed E-state index contributed by atoms with van der Waals surface area (Å²) in [5, 5.41) is 14.1. The fourth-order valence-corrected chi connectivity index (χ4v) is 11.4. The predicted molar refractivity (Wildman–Crippen MR) is 163 cm³/mol. The summed E-state index contributed by atoms with van der Waals surface area (Å²) in [6.45, 7) is 9.37. The quantitative estimate of drug-likeness (QED) is 0.128. The van der Waals surface area contributed by atoms with Crippen LogP contribution in [0, 0.1) is 0 Å². The summed E-state index contributed by atoms with van der Waals surface area (Å²) in [7, 11) is -1.88. The fourth-order valence-electron chi connectivity index (χ4n) is 5.18. The van der Waals surface area contributed by atoms with Crippen molar-refractivity contribution in [3.05, 3.63) is 75.5 Å². The molecule has 0 aliphatic rings. The van der Waals surface area contributed by atoms with Gasteiger partial charge in [-0.25, -0.2) is 4.90 Å². The normalized spacial score (nSPS) is 13.1. The number of carbonyl (C=O) groups is 2. The highest BCUT2D eigenvalue weighted by molar-refractivity contribution is 7.76. The Bertz CT molecular complexity index is 1080. The number of unbranched alkanes of at least 4 members (excludes halogenated alkanes) is 3. The Balaban J connectivity index is 2.83. The van der Waals surface area contributed by atoms with E-state index in [-0.39, 0.29) is 22.0 Å². The highest BCUT2D eigenvalue weighted by Gasteiger charge is 2.49. The molecule has 0 aromatic heterocycles. The van der Waals surface area contributed by atoms with Gasteiger partial charge in [0, 0.05) is 14.2 Å². The zero-order valence-corrected chi connectivity index (χ0v) is 25.8. The van der Waals surface area contributed by atoms with Gasteiger partial charge in [0.15, 0.2) is 0 Å². The van der Waals surface area contributed by atoms with E-state index >= 15 is 0 Å². The molecule has 0 saturated heterocycles. The van der Waals surface area contributed by atoms with Crippen LogP contribution in [-0.2, 0) is 9.59 Å². The van der Waals surface area contributed by atoms with Gasteiger partial charge >= 0.3 is 0 Å². The van der Waals surface area contributed by atoms with Gasteiger partial charge in [-0.1, -0.05) is 100 Å². The monoisotopic (exact) mass is 577 g/mol. The van der Waals surface area contributed by atoms with Gasteiger partial charge in [0.2, 0.25) is 5.91 Å². The molecule has 2 aromatic rings. The molecule has 2 rings (SSSR count). The van der Waals surface area contributed by atoms with E-state index in [1.807, 2.05) is 30.3 Å². The van der Waals surface area contributed by atoms with Gasteiger partial charge in [0.05, 0.1) is 39.8 Å². The molecule has 2 amide bonds. The number of benzene rings is 2. The summed E-state index contributed by atoms with van der Waals surface area (Å²) < 4.78 is 0. The number of amides is 2. The SMILES string of the molecule is CCCC[P+](CCCC)(CCCC)[C@H](/C(C(=O)N(C(C)=O)c1ccc(Cl)c(Cl)c1)=C(/C)[O-])c1ccccc1. The number of rotatable bonds is 14. The predicted octanol–water partition coefficient (Wildman–Crippen LogP) is 8.67. The van der Waals surface area contributed by atoms with Crippen LogP contribution in [0.25, 0.3) is 0 Å². The minimum atomic E-state index is -1.88. The lowest BCUT2D eigenvalue weighted by Crippen LogP contribution is -2.39. The van der Waals surface area contributed by atoms with E-state index in [4.69, 9.17) is 23.2 Å². The first-order valence-electron chi connectivity index (χ1n) is 13.7. The maximum absolute atomic E-state index is 14.4. The molecule has 0 radical (unpaired) electrons. The number of allylic oxidation sites excluding steroid dienone is 1. The van der Waals surface area contributed by atoms with Crippen LogP contribution in [0.2, 0.25) is 10.0 Å². The summed E-state index contributed by atoms with van der Waals surface area (Å²) in [6.07, 6.45) is 9.34. The van der Waals surface area contributed by atoms with Crippen LogP contribution in [0.3, 0.4) is 0 Å². The van der Waals surface area contributed by atoms with Gasteiger partial charge in [-0.05, 0) is 43.0 Å². The van der Waals surface area contributed by atoms with E-state index in [2.05, 4.69) is 20.8 Å². The highest BCUT2D eigenvalue weighted by atomic mass is 35.5. The molecule has 0 fully saturated rings. The van der Waals surface area contributed by atoms with Crippen molar-refractivity contribution in [2.24, 2.45) is 0 Å². The van der Waals surface area contributed by atoms with E-state index in [1.165, 1.54) is 19.9 Å². The lowest BCUT2D eigenvalue weighted by atomic mass is 10.0. The molecule has 0 heterocycles. The maximum atomic E-state index is 14.4. The Morgan fingerprint density at radius 3 is 1.79 bits per heavy atom. The zero-order valence-electron chi connectivity index (χ0n) is 23.4. The van der Waals surface area contributed by atoms with Crippen molar-refractivity contribution in [2.45, 2.75) is 78.8 Å². The Morgan fingerprint density at radius 2 is 1.37 bits per heavy atom. The second kappa shape index (κ2) is 15.7. The van der Waals surface area contributed by atoms with Gasteiger partial charge in [0.25, 0.3) is 5.91 Å². The van der Waals surface area contributed by atoms with Crippen LogP contribution in [0.15, 0.2) is 59.9 Å². The van der Waals surface area contributed by atoms with Gasteiger partial charge < -0.3 is 5.11 Å². The molecule has 0 unspecified atom stereocenters. The summed E-state index contributed by atoms with van der Waals surface area (Å²) in [5.41, 5.74) is 1.17. The number of carbonyl (C=O) groups excluding carboxylic acids is 2. The second-order valence-electron chi connectivity index (χ2n) is 9.99. The topological polar surface area (TPSA) is 60.4 Å². The fraction of sp³-hybridized carbons (Fsp3) is 0.484. The third-order valence-electron chi connectivity index (χ3n) is 7.10. The highest BCUT2D eigenvalue weighted by Crippen LogP contribution is 2.73. The average molecular weight is 579 g/mol. The van der Waals surface area contributed by atoms with Gasteiger partial charge in [-0.15, -0.1) is 5.76 Å². The summed E-state index contributed by atoms with van der Waals surface area (Å²) >= 11 is 12.4. The molecule has 208 valence electrons. The largest absolute Gasteiger partial charge is 0.875 e. The van der Waals surface area contributed by atoms with Crippen LogP contribution in [-0.4, -0.2) is 30.3 Å². The van der Waals surface area contributed by atoms with E-state index in [0.29, 0.717) is 10.7 Å². The van der Waals surface area contributed by atoms with E-state index in [0.717, 1.165) is 67.5 Å². The molecule has 7 heteroatoms. The van der Waals surface area contributed by atoms with Crippen LogP contribution in [0.1, 0.15) is 84.4 Å². The van der Waals surface area contributed by atoms with Crippen molar-refractivity contribution < 1.29 is 14.7 Å². The van der Waals surface area contributed by atoms with Crippen LogP contribution in [0.5, 0.6) is 0 Å². The smallest absolute Gasteiger partial charge is 0.264 e. The molecular formula is C31H42Cl2NO3P. The Labute approximate surface area is 239 Å². The van der Waals surface area contributed by atoms with Crippen molar-refractivity contribution in [1.29, 1.82) is 0 Å². The minimum Gasteiger partial charge on any atom is -0.875 e. The second-order valence-corrected chi connectivity index (χ2v) is 15.1. The van der Waals surface area contributed by atoms with Crippen molar-refractivity contribution in [3.8, 4) is 0 Å². The van der Waals surface area contributed by atoms with Crippen molar-refractivity contribution in [2.75, 3.05) is 23.4 Å². The van der Waals surface area contributed by atoms with E-state index < -0.39 is 19.1 Å². The van der Waals surface area contributed by atoms with Gasteiger partial charge in [-0.2, -0.15) is 0 Å². The molecule has 4 nitrogen and oxygen atoms in total. The van der Waals surface area contributed by atoms with Crippen molar-refractivity contribution in [1.82, 2.24) is 0 Å².